The minimum atomic E-state index is -5.09. The average Bonchev–Trinajstić information content (AvgIpc) is 2.60. The van der Waals surface area contributed by atoms with Gasteiger partial charge in [-0.3, -0.25) is 5.32 Å². The molecule has 0 saturated heterocycles. The number of nitrogens with one attached hydrogen (secondary N) is 2. The van der Waals surface area contributed by atoms with Crippen molar-refractivity contribution in [3.05, 3.63) is 59.9 Å². The predicted molar refractivity (Wildman–Crippen MR) is 89.4 cm³/mol. The molecule has 0 aliphatic heterocycles. The number of nitrogens with zero attached hydrogens (tertiary/aromatic N) is 2. The highest BCUT2D eigenvalue weighted by atomic mass is 19.4. The summed E-state index contributed by atoms with van der Waals surface area (Å²) < 4.78 is 77.1. The van der Waals surface area contributed by atoms with Crippen LogP contribution in [0.25, 0.3) is 10.8 Å². The van der Waals surface area contributed by atoms with E-state index in [9.17, 15) is 26.3 Å². The molecule has 0 amide bonds. The largest absolute Gasteiger partial charge is 0.443 e. The Morgan fingerprint density at radius 2 is 1.43 bits per heavy atom. The van der Waals surface area contributed by atoms with Gasteiger partial charge in [0.15, 0.2) is 11.4 Å². The van der Waals surface area contributed by atoms with Gasteiger partial charge < -0.3 is 5.73 Å². The molecule has 3 aromatic rings. The first-order valence-corrected chi connectivity index (χ1v) is 7.72. The Bertz CT molecular complexity index is 1000. The van der Waals surface area contributed by atoms with Crippen LogP contribution in [-0.4, -0.2) is 15.9 Å². The number of fused-ring (bicyclic) bond motifs is 1. The highest BCUT2D eigenvalue weighted by Gasteiger charge is 2.42. The maximum atomic E-state index is 12.9. The normalized spacial score (nSPS) is 13.0. The Morgan fingerprint density at radius 3 is 2.04 bits per heavy atom. The number of halogens is 6. The molecule has 0 aliphatic carbocycles. The molecule has 0 atom stereocenters. The number of benzene rings is 2. The molecule has 5 nitrogen and oxygen atoms in total. The standard InChI is InChI=1S/C17H11F6N5/c18-16(19,20)12-8-13(17(21,22)23)27-15(26-12)28-14(24)25-11-7-3-5-9-4-1-2-6-10(9)11/h1-8H,(H3,24,25,26,27,28)/p+1. The van der Waals surface area contributed by atoms with Crippen LogP contribution in [0.1, 0.15) is 11.4 Å². The van der Waals surface area contributed by atoms with E-state index in [2.05, 4.69) is 20.3 Å². The van der Waals surface area contributed by atoms with Crippen LogP contribution >= 0.6 is 0 Å². The van der Waals surface area contributed by atoms with Crippen LogP contribution in [0.3, 0.4) is 0 Å². The van der Waals surface area contributed by atoms with E-state index in [1.807, 2.05) is 18.2 Å². The van der Waals surface area contributed by atoms with E-state index in [0.717, 1.165) is 10.8 Å². The van der Waals surface area contributed by atoms with E-state index in [1.54, 1.807) is 24.3 Å². The van der Waals surface area contributed by atoms with Gasteiger partial charge in [0.25, 0.3) is 5.96 Å². The van der Waals surface area contributed by atoms with Crippen LogP contribution in [0.15, 0.2) is 48.5 Å². The van der Waals surface area contributed by atoms with Crippen LogP contribution in [0.2, 0.25) is 0 Å². The molecule has 0 saturated carbocycles. The van der Waals surface area contributed by atoms with Gasteiger partial charge in [-0.05, 0) is 11.5 Å². The van der Waals surface area contributed by atoms with Crippen molar-refractivity contribution < 1.29 is 31.3 Å². The Kier molecular flexibility index (Phi) is 4.84. The van der Waals surface area contributed by atoms with Crippen LogP contribution in [0.4, 0.5) is 38.0 Å². The van der Waals surface area contributed by atoms with Gasteiger partial charge in [-0.1, -0.05) is 36.4 Å². The number of hydrogen-bond acceptors (Lipinski definition) is 2. The first kappa shape index (κ1) is 19.4. The lowest BCUT2D eigenvalue weighted by Crippen LogP contribution is -2.72. The first-order valence-electron chi connectivity index (χ1n) is 7.72. The second kappa shape index (κ2) is 6.98. The Hall–Kier alpha value is -3.37. The van der Waals surface area contributed by atoms with Gasteiger partial charge in [-0.2, -0.15) is 26.3 Å². The fraction of sp³-hybridized carbons (Fsp3) is 0.118. The van der Waals surface area contributed by atoms with E-state index in [0.29, 0.717) is 5.69 Å². The van der Waals surface area contributed by atoms with E-state index in [1.165, 1.54) is 0 Å². The third-order valence-electron chi connectivity index (χ3n) is 3.61. The first-order chi connectivity index (χ1) is 13.0. The third kappa shape index (κ3) is 4.30. The predicted octanol–water partition coefficient (Wildman–Crippen LogP) is 2.81. The zero-order valence-electron chi connectivity index (χ0n) is 13.9. The lowest BCUT2D eigenvalue weighted by Gasteiger charge is -2.08. The molecule has 0 aliphatic rings. The van der Waals surface area contributed by atoms with Gasteiger partial charge in [-0.25, -0.2) is 4.99 Å². The maximum absolute atomic E-state index is 12.9. The monoisotopic (exact) mass is 400 g/mol. The summed E-state index contributed by atoms with van der Waals surface area (Å²) in [7, 11) is 0. The second-order valence-electron chi connectivity index (χ2n) is 5.65. The molecule has 11 heteroatoms. The van der Waals surface area contributed by atoms with Crippen molar-refractivity contribution in [3.63, 3.8) is 0 Å². The lowest BCUT2D eigenvalue weighted by molar-refractivity contribution is -0.366. The smallest absolute Gasteiger partial charge is 0.322 e. The summed E-state index contributed by atoms with van der Waals surface area (Å²) in [5.74, 6) is -1.28. The lowest BCUT2D eigenvalue weighted by atomic mass is 10.1. The topological polar surface area (TPSA) is 77.8 Å². The minimum absolute atomic E-state index is 0.167. The summed E-state index contributed by atoms with van der Waals surface area (Å²) >= 11 is 0. The van der Waals surface area contributed by atoms with Gasteiger partial charge in [0.1, 0.15) is 0 Å². The number of alkyl halides is 6. The molecule has 146 valence electrons. The molecule has 3 rings (SSSR count). The van der Waals surface area contributed by atoms with Crippen molar-refractivity contribution in [2.75, 3.05) is 5.32 Å². The number of guanidine groups is 1. The molecule has 0 spiro atoms. The summed E-state index contributed by atoms with van der Waals surface area (Å²) in [6.07, 6.45) is -10.2. The van der Waals surface area contributed by atoms with Crippen LogP contribution in [-0.2, 0) is 12.4 Å². The molecule has 2 aromatic carbocycles. The minimum Gasteiger partial charge on any atom is -0.322 e. The third-order valence-corrected chi connectivity index (χ3v) is 3.61. The molecular weight excluding hydrogens is 388 g/mol. The fourth-order valence-corrected chi connectivity index (χ4v) is 2.42. The van der Waals surface area contributed by atoms with Gasteiger partial charge in [0, 0.05) is 11.5 Å². The number of anilines is 1. The second-order valence-corrected chi connectivity index (χ2v) is 5.65. The molecule has 28 heavy (non-hydrogen) atoms. The molecule has 4 N–H and O–H groups in total. The van der Waals surface area contributed by atoms with Crippen molar-refractivity contribution in [1.82, 2.24) is 9.97 Å². The molecule has 1 heterocycles. The van der Waals surface area contributed by atoms with Gasteiger partial charge in [-0.15, -0.1) is 9.97 Å². The highest BCUT2D eigenvalue weighted by molar-refractivity contribution is 6.01. The molecule has 1 aromatic heterocycles. The van der Waals surface area contributed by atoms with E-state index < -0.39 is 29.7 Å². The van der Waals surface area contributed by atoms with Gasteiger partial charge >= 0.3 is 18.3 Å². The number of nitrogens with two attached hydrogens (primary N) is 1. The Morgan fingerprint density at radius 1 is 0.857 bits per heavy atom. The zero-order chi connectivity index (χ0) is 20.5. The van der Waals surface area contributed by atoms with Crippen molar-refractivity contribution in [1.29, 1.82) is 0 Å². The quantitative estimate of drug-likeness (QED) is 0.351. The summed E-state index contributed by atoms with van der Waals surface area (Å²) in [6.45, 7) is 0. The van der Waals surface area contributed by atoms with Crippen molar-refractivity contribution in [2.45, 2.75) is 12.4 Å². The molecular formula is C17H12F6N5+. The van der Waals surface area contributed by atoms with Gasteiger partial charge in [0.2, 0.25) is 0 Å². The van der Waals surface area contributed by atoms with Crippen molar-refractivity contribution >= 4 is 28.4 Å². The number of hydrogen-bond donors (Lipinski definition) is 3. The highest BCUT2D eigenvalue weighted by Crippen LogP contribution is 2.33. The maximum Gasteiger partial charge on any atom is 0.443 e. The Balaban J connectivity index is 2.00. The Labute approximate surface area is 153 Å². The van der Waals surface area contributed by atoms with Crippen molar-refractivity contribution in [2.24, 2.45) is 5.73 Å². The average molecular weight is 400 g/mol. The molecule has 0 unspecified atom stereocenters. The summed E-state index contributed by atoms with van der Waals surface area (Å²) in [6, 6.07) is 12.2. The number of rotatable bonds is 2. The van der Waals surface area contributed by atoms with Crippen molar-refractivity contribution in [3.8, 4) is 0 Å². The van der Waals surface area contributed by atoms with E-state index in [-0.39, 0.29) is 12.0 Å². The van der Waals surface area contributed by atoms with E-state index in [4.69, 9.17) is 5.73 Å². The summed E-state index contributed by atoms with van der Waals surface area (Å²) in [5.41, 5.74) is 2.71. The van der Waals surface area contributed by atoms with Gasteiger partial charge in [0.05, 0.1) is 5.69 Å². The SMILES string of the molecule is NC(Nc1cccc2ccccc12)=[NH+]c1nc(C(F)(F)F)cc(C(F)(F)F)n1. The summed E-state index contributed by atoms with van der Waals surface area (Å²) in [4.78, 5) is 8.29. The summed E-state index contributed by atoms with van der Waals surface area (Å²) in [5, 5.41) is 4.29. The molecule has 0 bridgehead atoms. The zero-order valence-corrected chi connectivity index (χ0v) is 13.9. The number of aromatic nitrogens is 2. The fourth-order valence-electron chi connectivity index (χ4n) is 2.42. The van der Waals surface area contributed by atoms with Crippen LogP contribution < -0.4 is 16.0 Å². The molecule has 0 radical (unpaired) electrons. The van der Waals surface area contributed by atoms with Crippen LogP contribution in [0, 0.1) is 0 Å². The van der Waals surface area contributed by atoms with E-state index >= 15 is 0 Å². The molecule has 0 fully saturated rings. The van der Waals surface area contributed by atoms with Crippen LogP contribution in [0.5, 0.6) is 0 Å².